The summed E-state index contributed by atoms with van der Waals surface area (Å²) < 4.78 is 59.9. The molecule has 6 heteroatoms. The Hall–Kier alpha value is -2.50. The Bertz CT molecular complexity index is 709. The molecule has 0 bridgehead atoms. The zero-order valence-electron chi connectivity index (χ0n) is 13.1. The van der Waals surface area contributed by atoms with E-state index in [-0.39, 0.29) is 5.75 Å². The van der Waals surface area contributed by atoms with Gasteiger partial charge in [-0.3, -0.25) is 0 Å². The average molecular weight is 340 g/mol. The summed E-state index contributed by atoms with van der Waals surface area (Å²) >= 11 is 0. The van der Waals surface area contributed by atoms with Crippen molar-refractivity contribution < 1.29 is 27.0 Å². The molecule has 0 unspecified atom stereocenters. The number of methoxy groups -OCH3 is 1. The molecule has 128 valence electrons. The standard InChI is InChI=1S/C18H16F4O2/c1-11-9-14(24-18(21)22)7-8-15(11)16(10-17(19)20)12-3-5-13(23-2)6-4-12/h3-10,17-18H,1-2H3/b16-10+. The van der Waals surface area contributed by atoms with E-state index in [0.29, 0.717) is 28.0 Å². The smallest absolute Gasteiger partial charge is 0.387 e. The summed E-state index contributed by atoms with van der Waals surface area (Å²) in [6.07, 6.45) is -1.82. The van der Waals surface area contributed by atoms with Gasteiger partial charge in [0, 0.05) is 0 Å². The second-order valence-corrected chi connectivity index (χ2v) is 5.00. The van der Waals surface area contributed by atoms with Crippen molar-refractivity contribution in [1.82, 2.24) is 0 Å². The number of rotatable bonds is 6. The fraction of sp³-hybridized carbons (Fsp3) is 0.222. The molecule has 2 rings (SSSR count). The number of allylic oxidation sites excluding steroid dienone is 1. The molecule has 0 radical (unpaired) electrons. The average Bonchev–Trinajstić information content (AvgIpc) is 2.52. The van der Waals surface area contributed by atoms with Gasteiger partial charge in [-0.15, -0.1) is 0 Å². The van der Waals surface area contributed by atoms with Crippen molar-refractivity contribution in [3.8, 4) is 11.5 Å². The largest absolute Gasteiger partial charge is 0.497 e. The van der Waals surface area contributed by atoms with Crippen LogP contribution < -0.4 is 9.47 Å². The van der Waals surface area contributed by atoms with E-state index < -0.39 is 13.0 Å². The van der Waals surface area contributed by atoms with E-state index in [4.69, 9.17) is 4.74 Å². The minimum atomic E-state index is -2.94. The van der Waals surface area contributed by atoms with Crippen molar-refractivity contribution in [2.75, 3.05) is 7.11 Å². The predicted molar refractivity (Wildman–Crippen MR) is 83.9 cm³/mol. The van der Waals surface area contributed by atoms with Crippen LogP contribution in [-0.4, -0.2) is 20.1 Å². The van der Waals surface area contributed by atoms with Gasteiger partial charge < -0.3 is 9.47 Å². The fourth-order valence-corrected chi connectivity index (χ4v) is 2.35. The van der Waals surface area contributed by atoms with Crippen LogP contribution in [-0.2, 0) is 0 Å². The van der Waals surface area contributed by atoms with Crippen molar-refractivity contribution in [3.05, 3.63) is 65.2 Å². The van der Waals surface area contributed by atoms with Crippen LogP contribution in [0.2, 0.25) is 0 Å². The number of hydrogen-bond acceptors (Lipinski definition) is 2. The number of halogens is 4. The van der Waals surface area contributed by atoms with Crippen molar-refractivity contribution in [2.24, 2.45) is 0 Å². The number of aryl methyl sites for hydroxylation is 1. The van der Waals surface area contributed by atoms with E-state index in [2.05, 4.69) is 4.74 Å². The lowest BCUT2D eigenvalue weighted by Gasteiger charge is -2.14. The quantitative estimate of drug-likeness (QED) is 0.664. The molecule has 0 fully saturated rings. The lowest BCUT2D eigenvalue weighted by atomic mass is 9.94. The van der Waals surface area contributed by atoms with E-state index >= 15 is 0 Å². The molecule has 2 aromatic carbocycles. The maximum atomic E-state index is 13.0. The number of hydrogen-bond donors (Lipinski definition) is 0. The Morgan fingerprint density at radius 1 is 0.958 bits per heavy atom. The van der Waals surface area contributed by atoms with E-state index in [1.54, 1.807) is 31.2 Å². The van der Waals surface area contributed by atoms with Gasteiger partial charge in [0.2, 0.25) is 0 Å². The Kier molecular flexibility index (Phi) is 5.84. The number of alkyl halides is 4. The molecule has 0 N–H and O–H groups in total. The van der Waals surface area contributed by atoms with Crippen LogP contribution in [0, 0.1) is 6.92 Å². The van der Waals surface area contributed by atoms with Gasteiger partial charge in [0.15, 0.2) is 0 Å². The Labute approximate surface area is 137 Å². The highest BCUT2D eigenvalue weighted by Gasteiger charge is 2.13. The van der Waals surface area contributed by atoms with Crippen LogP contribution in [0.15, 0.2) is 48.5 Å². The minimum Gasteiger partial charge on any atom is -0.497 e. The van der Waals surface area contributed by atoms with Gasteiger partial charge in [0.05, 0.1) is 7.11 Å². The molecule has 0 saturated carbocycles. The van der Waals surface area contributed by atoms with Crippen LogP contribution in [0.5, 0.6) is 11.5 Å². The zero-order valence-corrected chi connectivity index (χ0v) is 13.1. The third kappa shape index (κ3) is 4.50. The molecule has 0 spiro atoms. The first kappa shape index (κ1) is 17.8. The summed E-state index contributed by atoms with van der Waals surface area (Å²) in [5, 5.41) is 0. The summed E-state index contributed by atoms with van der Waals surface area (Å²) in [5.41, 5.74) is 1.95. The van der Waals surface area contributed by atoms with Crippen molar-refractivity contribution >= 4 is 5.57 Å². The summed E-state index contributed by atoms with van der Waals surface area (Å²) in [6.45, 7) is -1.29. The molecule has 0 heterocycles. The van der Waals surface area contributed by atoms with Crippen molar-refractivity contribution in [1.29, 1.82) is 0 Å². The van der Waals surface area contributed by atoms with Crippen LogP contribution in [0.3, 0.4) is 0 Å². The van der Waals surface area contributed by atoms with Crippen molar-refractivity contribution in [2.45, 2.75) is 20.0 Å². The van der Waals surface area contributed by atoms with E-state index in [1.807, 2.05) is 0 Å². The maximum Gasteiger partial charge on any atom is 0.387 e. The first-order chi connectivity index (χ1) is 11.4. The molecule has 0 aliphatic rings. The second kappa shape index (κ2) is 7.86. The predicted octanol–water partition coefficient (Wildman–Crippen LogP) is 5.30. The lowest BCUT2D eigenvalue weighted by Crippen LogP contribution is -2.03. The van der Waals surface area contributed by atoms with Gasteiger partial charge in [-0.2, -0.15) is 8.78 Å². The molecule has 2 aromatic rings. The maximum absolute atomic E-state index is 13.0. The first-order valence-electron chi connectivity index (χ1n) is 7.11. The molecule has 0 aliphatic carbocycles. The van der Waals surface area contributed by atoms with Gasteiger partial charge in [0.25, 0.3) is 6.43 Å². The van der Waals surface area contributed by atoms with Crippen LogP contribution in [0.25, 0.3) is 5.57 Å². The fourth-order valence-electron chi connectivity index (χ4n) is 2.35. The molecule has 0 amide bonds. The second-order valence-electron chi connectivity index (χ2n) is 5.00. The molecule has 0 aromatic heterocycles. The van der Waals surface area contributed by atoms with E-state index in [9.17, 15) is 17.6 Å². The number of ether oxygens (including phenoxy) is 2. The summed E-state index contributed by atoms with van der Waals surface area (Å²) in [5.74, 6) is 0.588. The first-order valence-corrected chi connectivity index (χ1v) is 7.11. The summed E-state index contributed by atoms with van der Waals surface area (Å²) in [7, 11) is 1.51. The SMILES string of the molecule is COc1ccc(/C(=C\C(F)F)c2ccc(OC(F)F)cc2C)cc1. The highest BCUT2D eigenvalue weighted by Crippen LogP contribution is 2.31. The number of benzene rings is 2. The monoisotopic (exact) mass is 340 g/mol. The van der Waals surface area contributed by atoms with Crippen LogP contribution in [0.1, 0.15) is 16.7 Å². The Morgan fingerprint density at radius 3 is 2.08 bits per heavy atom. The molecular weight excluding hydrogens is 324 g/mol. The minimum absolute atomic E-state index is 0.0163. The molecule has 0 saturated heterocycles. The van der Waals surface area contributed by atoms with Gasteiger partial charge in [-0.05, 0) is 59.5 Å². The van der Waals surface area contributed by atoms with Crippen LogP contribution in [0.4, 0.5) is 17.6 Å². The molecular formula is C18H16F4O2. The van der Waals surface area contributed by atoms with E-state index in [1.165, 1.54) is 25.3 Å². The van der Waals surface area contributed by atoms with Gasteiger partial charge >= 0.3 is 6.61 Å². The Balaban J connectivity index is 2.45. The molecule has 0 aliphatic heterocycles. The van der Waals surface area contributed by atoms with E-state index in [0.717, 1.165) is 6.08 Å². The normalized spacial score (nSPS) is 11.9. The van der Waals surface area contributed by atoms with Crippen molar-refractivity contribution in [3.63, 3.8) is 0 Å². The molecule has 0 atom stereocenters. The Morgan fingerprint density at radius 2 is 1.58 bits per heavy atom. The highest BCUT2D eigenvalue weighted by atomic mass is 19.3. The highest BCUT2D eigenvalue weighted by molar-refractivity contribution is 5.82. The summed E-state index contributed by atoms with van der Waals surface area (Å²) in [6, 6.07) is 10.9. The van der Waals surface area contributed by atoms with Gasteiger partial charge in [0.1, 0.15) is 11.5 Å². The molecule has 24 heavy (non-hydrogen) atoms. The zero-order chi connectivity index (χ0) is 17.7. The third-order valence-electron chi connectivity index (χ3n) is 3.41. The molecule has 2 nitrogen and oxygen atoms in total. The summed E-state index contributed by atoms with van der Waals surface area (Å²) in [4.78, 5) is 0. The van der Waals surface area contributed by atoms with Gasteiger partial charge in [-0.25, -0.2) is 8.78 Å². The van der Waals surface area contributed by atoms with Crippen LogP contribution >= 0.6 is 0 Å². The lowest BCUT2D eigenvalue weighted by molar-refractivity contribution is -0.0498. The topological polar surface area (TPSA) is 18.5 Å². The van der Waals surface area contributed by atoms with Gasteiger partial charge in [-0.1, -0.05) is 18.2 Å². The third-order valence-corrected chi connectivity index (χ3v) is 3.41.